The maximum absolute atomic E-state index is 11.6. The first-order valence-corrected chi connectivity index (χ1v) is 10.8. The summed E-state index contributed by atoms with van der Waals surface area (Å²) in [6.45, 7) is 5.67. The van der Waals surface area contributed by atoms with Crippen LogP contribution >= 0.6 is 0 Å². The molecule has 2 unspecified atom stereocenters. The Labute approximate surface area is 154 Å². The van der Waals surface area contributed by atoms with E-state index in [0.29, 0.717) is 32.1 Å². The molecule has 146 valence electrons. The van der Waals surface area contributed by atoms with Gasteiger partial charge in [-0.2, -0.15) is 0 Å². The summed E-state index contributed by atoms with van der Waals surface area (Å²) in [5, 5.41) is 6.55. The third-order valence-corrected chi connectivity index (χ3v) is 6.60. The molecule has 3 rings (SSSR count). The number of ether oxygens (including phenoxy) is 1. The molecule has 2 aliphatic rings. The van der Waals surface area contributed by atoms with Gasteiger partial charge in [-0.25, -0.2) is 8.42 Å². The van der Waals surface area contributed by atoms with Crippen molar-refractivity contribution in [1.29, 1.82) is 0 Å². The van der Waals surface area contributed by atoms with E-state index in [9.17, 15) is 8.42 Å². The highest BCUT2D eigenvalue weighted by molar-refractivity contribution is 7.91. The first kappa shape index (κ1) is 19.2. The molecule has 1 aromatic heterocycles. The van der Waals surface area contributed by atoms with Crippen LogP contribution in [0.1, 0.15) is 24.0 Å². The van der Waals surface area contributed by atoms with Gasteiger partial charge >= 0.3 is 0 Å². The minimum absolute atomic E-state index is 0.0680. The van der Waals surface area contributed by atoms with E-state index < -0.39 is 9.84 Å². The van der Waals surface area contributed by atoms with Crippen LogP contribution in [0, 0.1) is 6.92 Å². The molecule has 1 aromatic rings. The maximum atomic E-state index is 11.6. The van der Waals surface area contributed by atoms with Gasteiger partial charge in [-0.15, -0.1) is 0 Å². The van der Waals surface area contributed by atoms with Crippen molar-refractivity contribution in [1.82, 2.24) is 15.5 Å². The predicted octanol–water partition coefficient (Wildman–Crippen LogP) is 0.313. The molecule has 9 heteroatoms. The molecule has 0 radical (unpaired) electrons. The van der Waals surface area contributed by atoms with Crippen LogP contribution in [-0.4, -0.2) is 76.7 Å². The number of morpholine rings is 1. The number of rotatable bonds is 5. The zero-order valence-electron chi connectivity index (χ0n) is 15.4. The number of hydrogen-bond acceptors (Lipinski definition) is 6. The van der Waals surface area contributed by atoms with Crippen molar-refractivity contribution in [2.75, 3.05) is 51.4 Å². The number of nitrogens with one attached hydrogen (secondary N) is 2. The first-order chi connectivity index (χ1) is 12.5. The van der Waals surface area contributed by atoms with Gasteiger partial charge < -0.3 is 19.8 Å². The minimum Gasteiger partial charge on any atom is -0.465 e. The van der Waals surface area contributed by atoms with Gasteiger partial charge in [-0.3, -0.25) is 9.89 Å². The number of hydrogen-bond donors (Lipinski definition) is 2. The molecular formula is C17H28N4O4S. The molecular weight excluding hydrogens is 356 g/mol. The van der Waals surface area contributed by atoms with Crippen molar-refractivity contribution in [3.8, 4) is 0 Å². The second kappa shape index (κ2) is 8.41. The highest BCUT2D eigenvalue weighted by atomic mass is 32.2. The lowest BCUT2D eigenvalue weighted by Crippen LogP contribution is -2.48. The Morgan fingerprint density at radius 3 is 2.73 bits per heavy atom. The Hall–Kier alpha value is -1.58. The quantitative estimate of drug-likeness (QED) is 0.557. The fourth-order valence-electron chi connectivity index (χ4n) is 3.42. The smallest absolute Gasteiger partial charge is 0.191 e. The van der Waals surface area contributed by atoms with Crippen molar-refractivity contribution in [3.05, 3.63) is 23.7 Å². The van der Waals surface area contributed by atoms with Gasteiger partial charge in [-0.05, 0) is 25.5 Å². The molecule has 0 amide bonds. The summed E-state index contributed by atoms with van der Waals surface area (Å²) in [6.07, 6.45) is 0.618. The first-order valence-electron chi connectivity index (χ1n) is 9.02. The molecule has 3 heterocycles. The second-order valence-electron chi connectivity index (χ2n) is 6.81. The predicted molar refractivity (Wildman–Crippen MR) is 100 cm³/mol. The number of aliphatic imine (C=N–C) groups is 1. The van der Waals surface area contributed by atoms with E-state index in [1.54, 1.807) is 7.05 Å². The molecule has 0 saturated carbocycles. The van der Waals surface area contributed by atoms with E-state index in [2.05, 4.69) is 20.5 Å². The number of sulfone groups is 1. The van der Waals surface area contributed by atoms with Gasteiger partial charge in [0.25, 0.3) is 0 Å². The fraction of sp³-hybridized carbons (Fsp3) is 0.706. The van der Waals surface area contributed by atoms with Crippen LogP contribution < -0.4 is 10.6 Å². The molecule has 26 heavy (non-hydrogen) atoms. The van der Waals surface area contributed by atoms with Crippen molar-refractivity contribution >= 4 is 15.8 Å². The zero-order chi connectivity index (χ0) is 18.6. The van der Waals surface area contributed by atoms with Gasteiger partial charge in [0.15, 0.2) is 15.8 Å². The van der Waals surface area contributed by atoms with E-state index in [4.69, 9.17) is 9.15 Å². The Morgan fingerprint density at radius 1 is 1.38 bits per heavy atom. The third kappa shape index (κ3) is 4.99. The molecule has 2 atom stereocenters. The van der Waals surface area contributed by atoms with Crippen LogP contribution in [-0.2, 0) is 14.6 Å². The van der Waals surface area contributed by atoms with Crippen LogP contribution in [0.2, 0.25) is 0 Å². The monoisotopic (exact) mass is 384 g/mol. The average Bonchev–Trinajstić information content (AvgIpc) is 3.20. The van der Waals surface area contributed by atoms with Crippen molar-refractivity contribution in [3.63, 3.8) is 0 Å². The van der Waals surface area contributed by atoms with Crippen LogP contribution in [0.3, 0.4) is 0 Å². The summed E-state index contributed by atoms with van der Waals surface area (Å²) < 4.78 is 34.6. The van der Waals surface area contributed by atoms with E-state index in [1.807, 2.05) is 19.1 Å². The van der Waals surface area contributed by atoms with Gasteiger partial charge in [0, 0.05) is 32.7 Å². The molecule has 0 aromatic carbocycles. The highest BCUT2D eigenvalue weighted by Gasteiger charge is 2.29. The third-order valence-electron chi connectivity index (χ3n) is 4.84. The van der Waals surface area contributed by atoms with Crippen LogP contribution in [0.25, 0.3) is 0 Å². The summed E-state index contributed by atoms with van der Waals surface area (Å²) >= 11 is 0. The lowest BCUT2D eigenvalue weighted by molar-refractivity contribution is 0.0124. The molecule has 0 bridgehead atoms. The summed E-state index contributed by atoms with van der Waals surface area (Å²) in [4.78, 5) is 6.58. The van der Waals surface area contributed by atoms with Gasteiger partial charge in [0.1, 0.15) is 11.5 Å². The van der Waals surface area contributed by atoms with E-state index in [0.717, 1.165) is 24.6 Å². The van der Waals surface area contributed by atoms with Gasteiger partial charge in [0.2, 0.25) is 0 Å². The Morgan fingerprint density at radius 2 is 2.15 bits per heavy atom. The number of guanidine groups is 1. The number of nitrogens with zero attached hydrogens (tertiary/aromatic N) is 2. The Bertz CT molecular complexity index is 725. The fourth-order valence-corrected chi connectivity index (χ4v) is 5.09. The van der Waals surface area contributed by atoms with Crippen LogP contribution in [0.4, 0.5) is 0 Å². The standard InChI is InChI=1S/C17H28N4O4S/c1-13-3-4-16(25-13)15(21-6-8-24-9-7-21)11-19-17(18-2)20-14-5-10-26(22,23)12-14/h3-4,14-15H,5-12H2,1-2H3,(H2,18,19,20). The SMILES string of the molecule is CN=C(NCC(c1ccc(C)o1)N1CCOCC1)NC1CCS(=O)(=O)C1. The summed E-state index contributed by atoms with van der Waals surface area (Å²) in [5.74, 6) is 2.82. The van der Waals surface area contributed by atoms with E-state index >= 15 is 0 Å². The highest BCUT2D eigenvalue weighted by Crippen LogP contribution is 2.23. The maximum Gasteiger partial charge on any atom is 0.191 e. The average molecular weight is 385 g/mol. The molecule has 2 aliphatic heterocycles. The summed E-state index contributed by atoms with van der Waals surface area (Å²) in [5.41, 5.74) is 0. The lowest BCUT2D eigenvalue weighted by Gasteiger charge is -2.33. The van der Waals surface area contributed by atoms with E-state index in [-0.39, 0.29) is 23.6 Å². The van der Waals surface area contributed by atoms with Crippen LogP contribution in [0.15, 0.2) is 21.5 Å². The zero-order valence-corrected chi connectivity index (χ0v) is 16.2. The van der Waals surface area contributed by atoms with Crippen molar-refractivity contribution in [2.45, 2.75) is 25.4 Å². The van der Waals surface area contributed by atoms with Crippen LogP contribution in [0.5, 0.6) is 0 Å². The molecule has 0 aliphatic carbocycles. The summed E-state index contributed by atoms with van der Waals surface area (Å²) in [6, 6.07) is 3.97. The topological polar surface area (TPSA) is 96.2 Å². The molecule has 0 spiro atoms. The second-order valence-corrected chi connectivity index (χ2v) is 9.04. The van der Waals surface area contributed by atoms with Gasteiger partial charge in [0.05, 0.1) is 30.8 Å². The number of furan rings is 1. The van der Waals surface area contributed by atoms with E-state index in [1.165, 1.54) is 0 Å². The Balaban J connectivity index is 1.62. The van der Waals surface area contributed by atoms with Crippen molar-refractivity contribution < 1.29 is 17.6 Å². The molecule has 8 nitrogen and oxygen atoms in total. The minimum atomic E-state index is -2.92. The lowest BCUT2D eigenvalue weighted by atomic mass is 10.1. The molecule has 2 N–H and O–H groups in total. The van der Waals surface area contributed by atoms with Gasteiger partial charge in [-0.1, -0.05) is 0 Å². The number of aryl methyl sites for hydroxylation is 1. The molecule has 2 saturated heterocycles. The molecule has 2 fully saturated rings. The largest absolute Gasteiger partial charge is 0.465 e. The van der Waals surface area contributed by atoms with Crippen molar-refractivity contribution in [2.24, 2.45) is 4.99 Å². The normalized spacial score (nSPS) is 25.2. The summed E-state index contributed by atoms with van der Waals surface area (Å²) in [7, 11) is -1.23. The Kier molecular flexibility index (Phi) is 6.20.